The fourth-order valence-corrected chi connectivity index (χ4v) is 4.29. The zero-order valence-electron chi connectivity index (χ0n) is 19.7. The molecule has 184 valence electrons. The molecule has 0 aliphatic rings. The van der Waals surface area contributed by atoms with Gasteiger partial charge in [0.2, 0.25) is 0 Å². The summed E-state index contributed by atoms with van der Waals surface area (Å²) in [5, 5.41) is 15.4. The number of fused-ring (bicyclic) bond motifs is 2. The van der Waals surface area contributed by atoms with Crippen LogP contribution in [0.1, 0.15) is 35.8 Å². The minimum atomic E-state index is -0.482. The number of hydrogen-bond acceptors (Lipinski definition) is 8. The van der Waals surface area contributed by atoms with Crippen LogP contribution in [0.15, 0.2) is 43.0 Å². The molecule has 0 aliphatic carbocycles. The van der Waals surface area contributed by atoms with Crippen LogP contribution in [0.2, 0.25) is 5.02 Å². The lowest BCUT2D eigenvalue weighted by atomic mass is 10.0. The molecule has 12 heteroatoms. The average molecular weight is 507 g/mol. The van der Waals surface area contributed by atoms with Gasteiger partial charge in [0.15, 0.2) is 11.5 Å². The molecule has 1 unspecified atom stereocenters. The van der Waals surface area contributed by atoms with Crippen molar-refractivity contribution >= 4 is 39.9 Å². The maximum atomic E-state index is 13.4. The molecule has 4 heterocycles. The highest BCUT2D eigenvalue weighted by atomic mass is 35.5. The number of benzene rings is 1. The van der Waals surface area contributed by atoms with Crippen LogP contribution in [0.4, 0.5) is 5.82 Å². The standard InChI is InChI=1S/C24H23ClN8O3/c1-4-36-21-15(8-17(25)16-11-28-31-20(16)21)12(2)29-24(34)19-22(26)32-33-6-5-18(30-23(19)33)13-7-14(35-3)10-27-9-13/h5-12H,4H2,1-3H3,(H2,26,32)(H,28,31)(H,29,34). The number of rotatable bonds is 7. The van der Waals surface area contributed by atoms with Crippen molar-refractivity contribution in [1.82, 2.24) is 35.1 Å². The van der Waals surface area contributed by atoms with E-state index in [4.69, 9.17) is 26.8 Å². The van der Waals surface area contributed by atoms with E-state index >= 15 is 0 Å². The summed E-state index contributed by atoms with van der Waals surface area (Å²) in [6, 6.07) is 4.85. The number of halogens is 1. The molecular formula is C24H23ClN8O3. The van der Waals surface area contributed by atoms with E-state index in [0.29, 0.717) is 45.5 Å². The molecule has 1 aromatic carbocycles. The van der Waals surface area contributed by atoms with Crippen molar-refractivity contribution in [2.75, 3.05) is 19.5 Å². The highest BCUT2D eigenvalue weighted by Crippen LogP contribution is 2.37. The predicted octanol–water partition coefficient (Wildman–Crippen LogP) is 3.80. The zero-order valence-corrected chi connectivity index (χ0v) is 20.5. The molecule has 36 heavy (non-hydrogen) atoms. The summed E-state index contributed by atoms with van der Waals surface area (Å²) in [7, 11) is 1.56. The Balaban J connectivity index is 1.51. The molecule has 5 aromatic rings. The number of nitrogen functional groups attached to an aromatic ring is 1. The van der Waals surface area contributed by atoms with Crippen molar-refractivity contribution in [3.63, 3.8) is 0 Å². The number of H-pyrrole nitrogens is 1. The molecule has 0 spiro atoms. The second-order valence-corrected chi connectivity index (χ2v) is 8.43. The van der Waals surface area contributed by atoms with Crippen LogP contribution in [-0.4, -0.2) is 49.4 Å². The Morgan fingerprint density at radius 2 is 2.14 bits per heavy atom. The molecule has 0 saturated carbocycles. The minimum Gasteiger partial charge on any atom is -0.495 e. The zero-order chi connectivity index (χ0) is 25.4. The number of nitrogens with one attached hydrogen (secondary N) is 2. The second-order valence-electron chi connectivity index (χ2n) is 8.02. The average Bonchev–Trinajstić information content (AvgIpc) is 3.49. The number of hydrogen-bond donors (Lipinski definition) is 3. The Hall–Kier alpha value is -4.38. The molecule has 4 aromatic heterocycles. The quantitative estimate of drug-likeness (QED) is 0.302. The smallest absolute Gasteiger partial charge is 0.259 e. The van der Waals surface area contributed by atoms with Crippen LogP contribution < -0.4 is 20.5 Å². The summed E-state index contributed by atoms with van der Waals surface area (Å²) in [4.78, 5) is 22.2. The van der Waals surface area contributed by atoms with E-state index in [9.17, 15) is 4.79 Å². The number of amides is 1. The molecule has 1 amide bonds. The Bertz CT molecular complexity index is 1600. The lowest BCUT2D eigenvalue weighted by Gasteiger charge is -2.19. The van der Waals surface area contributed by atoms with Crippen molar-refractivity contribution < 1.29 is 14.3 Å². The van der Waals surface area contributed by atoms with E-state index in [-0.39, 0.29) is 11.4 Å². The monoisotopic (exact) mass is 506 g/mol. The Morgan fingerprint density at radius 1 is 1.31 bits per heavy atom. The third kappa shape index (κ3) is 4.03. The van der Waals surface area contributed by atoms with Gasteiger partial charge < -0.3 is 20.5 Å². The molecule has 0 radical (unpaired) electrons. The van der Waals surface area contributed by atoms with Crippen molar-refractivity contribution in [2.45, 2.75) is 19.9 Å². The molecule has 5 rings (SSSR count). The molecular weight excluding hydrogens is 484 g/mol. The van der Waals surface area contributed by atoms with Gasteiger partial charge in [0, 0.05) is 28.9 Å². The highest BCUT2D eigenvalue weighted by molar-refractivity contribution is 6.35. The summed E-state index contributed by atoms with van der Waals surface area (Å²) in [6.45, 7) is 4.14. The number of aromatic amines is 1. The topological polar surface area (TPSA) is 145 Å². The van der Waals surface area contributed by atoms with E-state index in [1.165, 1.54) is 4.52 Å². The van der Waals surface area contributed by atoms with Crippen molar-refractivity contribution in [1.29, 1.82) is 0 Å². The predicted molar refractivity (Wildman–Crippen MR) is 135 cm³/mol. The number of carbonyl (C=O) groups excluding carboxylic acids is 1. The first kappa shape index (κ1) is 23.4. The van der Waals surface area contributed by atoms with Gasteiger partial charge in [-0.15, -0.1) is 5.10 Å². The number of nitrogens with zero attached hydrogens (tertiary/aromatic N) is 5. The number of methoxy groups -OCH3 is 1. The number of anilines is 1. The van der Waals surface area contributed by atoms with E-state index in [1.54, 1.807) is 50.1 Å². The summed E-state index contributed by atoms with van der Waals surface area (Å²) in [6.07, 6.45) is 6.58. The maximum absolute atomic E-state index is 13.4. The Kier molecular flexibility index (Phi) is 6.06. The van der Waals surface area contributed by atoms with Crippen molar-refractivity contribution in [2.24, 2.45) is 0 Å². The molecule has 1 atom stereocenters. The molecule has 0 fully saturated rings. The fourth-order valence-electron chi connectivity index (χ4n) is 4.03. The Labute approximate surface area is 210 Å². The number of carbonyl (C=O) groups is 1. The molecule has 0 aliphatic heterocycles. The Morgan fingerprint density at radius 3 is 2.92 bits per heavy atom. The van der Waals surface area contributed by atoms with E-state index < -0.39 is 11.9 Å². The first-order chi connectivity index (χ1) is 17.4. The van der Waals surface area contributed by atoms with Gasteiger partial charge in [-0.3, -0.25) is 14.9 Å². The van der Waals surface area contributed by atoms with E-state index in [1.807, 2.05) is 13.8 Å². The molecule has 11 nitrogen and oxygen atoms in total. The second kappa shape index (κ2) is 9.34. The minimum absolute atomic E-state index is 0.0557. The van der Waals surface area contributed by atoms with Crippen LogP contribution in [0.25, 0.3) is 27.8 Å². The molecule has 4 N–H and O–H groups in total. The van der Waals surface area contributed by atoms with Crippen LogP contribution in [0, 0.1) is 0 Å². The number of nitrogens with two attached hydrogens (primary N) is 1. The van der Waals surface area contributed by atoms with E-state index in [2.05, 4.69) is 30.6 Å². The van der Waals surface area contributed by atoms with Crippen LogP contribution in [0.5, 0.6) is 11.5 Å². The lowest BCUT2D eigenvalue weighted by molar-refractivity contribution is 0.0942. The number of pyridine rings is 1. The third-order valence-corrected chi connectivity index (χ3v) is 6.07. The first-order valence-corrected chi connectivity index (χ1v) is 11.5. The highest BCUT2D eigenvalue weighted by Gasteiger charge is 2.25. The van der Waals surface area contributed by atoms with Crippen LogP contribution in [0.3, 0.4) is 0 Å². The fraction of sp³-hybridized carbons (Fsp3) is 0.208. The first-order valence-electron chi connectivity index (χ1n) is 11.1. The summed E-state index contributed by atoms with van der Waals surface area (Å²) < 4.78 is 12.6. The summed E-state index contributed by atoms with van der Waals surface area (Å²) in [5.74, 6) is 0.778. The normalized spacial score (nSPS) is 12.1. The van der Waals surface area contributed by atoms with Gasteiger partial charge in [0.1, 0.15) is 22.6 Å². The molecule has 0 bridgehead atoms. The van der Waals surface area contributed by atoms with Gasteiger partial charge in [-0.1, -0.05) is 11.6 Å². The summed E-state index contributed by atoms with van der Waals surface area (Å²) in [5.41, 5.74) is 9.27. The van der Waals surface area contributed by atoms with Gasteiger partial charge in [0.25, 0.3) is 5.91 Å². The number of aromatic nitrogens is 6. The summed E-state index contributed by atoms with van der Waals surface area (Å²) >= 11 is 6.47. The number of ether oxygens (including phenoxy) is 2. The van der Waals surface area contributed by atoms with Gasteiger partial charge in [-0.25, -0.2) is 9.50 Å². The molecule has 0 saturated heterocycles. The van der Waals surface area contributed by atoms with Gasteiger partial charge in [0.05, 0.1) is 42.9 Å². The third-order valence-electron chi connectivity index (χ3n) is 5.75. The van der Waals surface area contributed by atoms with Gasteiger partial charge in [-0.2, -0.15) is 5.10 Å². The van der Waals surface area contributed by atoms with Crippen LogP contribution >= 0.6 is 11.6 Å². The lowest BCUT2D eigenvalue weighted by Crippen LogP contribution is -2.27. The van der Waals surface area contributed by atoms with Crippen molar-refractivity contribution in [3.05, 3.63) is 59.1 Å². The van der Waals surface area contributed by atoms with E-state index in [0.717, 1.165) is 10.9 Å². The van der Waals surface area contributed by atoms with Crippen molar-refractivity contribution in [3.8, 4) is 22.8 Å². The largest absolute Gasteiger partial charge is 0.495 e. The van der Waals surface area contributed by atoms with Crippen LogP contribution in [-0.2, 0) is 0 Å². The maximum Gasteiger partial charge on any atom is 0.259 e. The van der Waals surface area contributed by atoms with Gasteiger partial charge in [-0.05, 0) is 32.0 Å². The SMILES string of the molecule is CCOc1c(C(C)NC(=O)c2c(N)nn3ccc(-c4cncc(OC)c4)nc23)cc(Cl)c2cn[nH]c12. The van der Waals surface area contributed by atoms with Gasteiger partial charge >= 0.3 is 0 Å².